The minimum atomic E-state index is -0.192. The predicted molar refractivity (Wildman–Crippen MR) is 107 cm³/mol. The van der Waals surface area contributed by atoms with Gasteiger partial charge in [0.05, 0.1) is 5.56 Å². The number of nitrogen functional groups attached to an aromatic ring is 1. The SMILES string of the molecule is C=C(c1ccc(C2CCCCC2)cc1)C(C)Oc1nc(C)nc(N)c1C. The average molecular weight is 351 g/mol. The minimum absolute atomic E-state index is 0.192. The number of hydrogen-bond donors (Lipinski definition) is 1. The van der Waals surface area contributed by atoms with E-state index in [1.165, 1.54) is 37.7 Å². The summed E-state index contributed by atoms with van der Waals surface area (Å²) in [6, 6.07) is 8.83. The fourth-order valence-corrected chi connectivity index (χ4v) is 3.62. The molecule has 1 heterocycles. The monoisotopic (exact) mass is 351 g/mol. The lowest BCUT2D eigenvalue weighted by molar-refractivity contribution is 0.265. The zero-order valence-corrected chi connectivity index (χ0v) is 16.1. The highest BCUT2D eigenvalue weighted by molar-refractivity contribution is 5.67. The van der Waals surface area contributed by atoms with Gasteiger partial charge in [-0.1, -0.05) is 50.1 Å². The first-order valence-electron chi connectivity index (χ1n) is 9.52. The number of nitrogens with two attached hydrogens (primary N) is 1. The van der Waals surface area contributed by atoms with E-state index < -0.39 is 0 Å². The largest absolute Gasteiger partial charge is 0.469 e. The molecule has 4 heteroatoms. The number of ether oxygens (including phenoxy) is 1. The van der Waals surface area contributed by atoms with Gasteiger partial charge in [-0.2, -0.15) is 4.98 Å². The highest BCUT2D eigenvalue weighted by Gasteiger charge is 2.18. The maximum atomic E-state index is 6.04. The molecule has 1 aromatic carbocycles. The molecule has 2 N–H and O–H groups in total. The maximum Gasteiger partial charge on any atom is 0.222 e. The molecular formula is C22H29N3O. The smallest absolute Gasteiger partial charge is 0.222 e. The standard InChI is InChI=1S/C22H29N3O/c1-14(16(3)26-22-15(2)21(23)24-17(4)25-22)18-10-12-20(13-11-18)19-8-6-5-7-9-19/h10-13,16,19H,1,5-9H2,2-4H3,(H2,23,24,25). The van der Waals surface area contributed by atoms with Crippen molar-refractivity contribution in [2.45, 2.75) is 64.9 Å². The van der Waals surface area contributed by atoms with Crippen LogP contribution in [0.2, 0.25) is 0 Å². The Kier molecular flexibility index (Phi) is 5.60. The second-order valence-corrected chi connectivity index (χ2v) is 7.33. The summed E-state index contributed by atoms with van der Waals surface area (Å²) in [7, 11) is 0. The average Bonchev–Trinajstić information content (AvgIpc) is 2.66. The van der Waals surface area contributed by atoms with Crippen molar-refractivity contribution in [3.8, 4) is 5.88 Å². The highest BCUT2D eigenvalue weighted by atomic mass is 16.5. The third-order valence-electron chi connectivity index (χ3n) is 5.39. The molecule has 0 saturated heterocycles. The van der Waals surface area contributed by atoms with Gasteiger partial charge in [0.2, 0.25) is 5.88 Å². The molecule has 138 valence electrons. The lowest BCUT2D eigenvalue weighted by Gasteiger charge is -2.23. The topological polar surface area (TPSA) is 61.0 Å². The van der Waals surface area contributed by atoms with Crippen LogP contribution >= 0.6 is 0 Å². The van der Waals surface area contributed by atoms with Crippen LogP contribution in [-0.4, -0.2) is 16.1 Å². The van der Waals surface area contributed by atoms with Crippen LogP contribution in [0, 0.1) is 13.8 Å². The lowest BCUT2D eigenvalue weighted by atomic mass is 9.83. The molecule has 0 spiro atoms. The van der Waals surface area contributed by atoms with Crippen molar-refractivity contribution in [3.63, 3.8) is 0 Å². The Balaban J connectivity index is 1.70. The van der Waals surface area contributed by atoms with Gasteiger partial charge in [-0.15, -0.1) is 0 Å². The molecule has 3 rings (SSSR count). The van der Waals surface area contributed by atoms with Crippen LogP contribution in [0.5, 0.6) is 5.88 Å². The minimum Gasteiger partial charge on any atom is -0.469 e. The number of anilines is 1. The van der Waals surface area contributed by atoms with Crippen molar-refractivity contribution < 1.29 is 4.74 Å². The Morgan fingerprint density at radius 1 is 1.12 bits per heavy atom. The molecule has 1 aromatic heterocycles. The first kappa shape index (κ1) is 18.4. The van der Waals surface area contributed by atoms with Crippen molar-refractivity contribution >= 4 is 11.4 Å². The summed E-state index contributed by atoms with van der Waals surface area (Å²) in [6.45, 7) is 9.91. The molecule has 1 fully saturated rings. The van der Waals surface area contributed by atoms with Crippen LogP contribution in [0.15, 0.2) is 30.8 Å². The summed E-state index contributed by atoms with van der Waals surface area (Å²) in [4.78, 5) is 8.53. The molecule has 0 amide bonds. The van der Waals surface area contributed by atoms with E-state index in [9.17, 15) is 0 Å². The van der Waals surface area contributed by atoms with E-state index in [1.807, 2.05) is 20.8 Å². The fraction of sp³-hybridized carbons (Fsp3) is 0.455. The Labute approximate surface area is 156 Å². The normalized spacial score (nSPS) is 16.3. The number of benzene rings is 1. The highest BCUT2D eigenvalue weighted by Crippen LogP contribution is 2.33. The molecule has 26 heavy (non-hydrogen) atoms. The van der Waals surface area contributed by atoms with Crippen molar-refractivity contribution in [3.05, 3.63) is 53.4 Å². The summed E-state index contributed by atoms with van der Waals surface area (Å²) in [6.07, 6.45) is 6.52. The predicted octanol–water partition coefficient (Wildman–Crippen LogP) is 5.20. The number of nitrogens with zero attached hydrogens (tertiary/aromatic N) is 2. The van der Waals surface area contributed by atoms with Gasteiger partial charge in [0.1, 0.15) is 17.7 Å². The summed E-state index contributed by atoms with van der Waals surface area (Å²) in [5.41, 5.74) is 10.2. The van der Waals surface area contributed by atoms with E-state index in [-0.39, 0.29) is 6.10 Å². The van der Waals surface area contributed by atoms with Gasteiger partial charge in [-0.3, -0.25) is 0 Å². The number of aryl methyl sites for hydroxylation is 1. The van der Waals surface area contributed by atoms with E-state index in [1.54, 1.807) is 0 Å². The van der Waals surface area contributed by atoms with Crippen LogP contribution in [0.3, 0.4) is 0 Å². The Hall–Kier alpha value is -2.36. The molecular weight excluding hydrogens is 322 g/mol. The zero-order chi connectivity index (χ0) is 18.7. The van der Waals surface area contributed by atoms with Gasteiger partial charge in [0, 0.05) is 0 Å². The quantitative estimate of drug-likeness (QED) is 0.804. The Morgan fingerprint density at radius 2 is 1.77 bits per heavy atom. The second-order valence-electron chi connectivity index (χ2n) is 7.33. The Bertz CT molecular complexity index is 777. The maximum absolute atomic E-state index is 6.04. The van der Waals surface area contributed by atoms with Gasteiger partial charge < -0.3 is 10.5 Å². The summed E-state index contributed by atoms with van der Waals surface area (Å²) in [5, 5.41) is 0. The summed E-state index contributed by atoms with van der Waals surface area (Å²) >= 11 is 0. The lowest BCUT2D eigenvalue weighted by Crippen LogP contribution is -2.16. The molecule has 1 saturated carbocycles. The fourth-order valence-electron chi connectivity index (χ4n) is 3.62. The molecule has 4 nitrogen and oxygen atoms in total. The second kappa shape index (κ2) is 7.90. The van der Waals surface area contributed by atoms with E-state index in [4.69, 9.17) is 10.5 Å². The van der Waals surface area contributed by atoms with Crippen molar-refractivity contribution in [1.82, 2.24) is 9.97 Å². The van der Waals surface area contributed by atoms with E-state index in [2.05, 4.69) is 40.8 Å². The van der Waals surface area contributed by atoms with E-state index >= 15 is 0 Å². The number of rotatable bonds is 5. The molecule has 1 aliphatic rings. The van der Waals surface area contributed by atoms with Gasteiger partial charge in [0.25, 0.3) is 0 Å². The summed E-state index contributed by atoms with van der Waals surface area (Å²) < 4.78 is 6.04. The first-order valence-corrected chi connectivity index (χ1v) is 9.52. The number of hydrogen-bond acceptors (Lipinski definition) is 4. The molecule has 1 unspecified atom stereocenters. The Morgan fingerprint density at radius 3 is 2.42 bits per heavy atom. The molecule has 1 atom stereocenters. The summed E-state index contributed by atoms with van der Waals surface area (Å²) in [5.74, 6) is 2.32. The molecule has 2 aromatic rings. The van der Waals surface area contributed by atoms with Crippen molar-refractivity contribution in [2.24, 2.45) is 0 Å². The molecule has 0 aliphatic heterocycles. The van der Waals surface area contributed by atoms with E-state index in [0.29, 0.717) is 23.4 Å². The number of aromatic nitrogens is 2. The van der Waals surface area contributed by atoms with Crippen molar-refractivity contribution in [1.29, 1.82) is 0 Å². The van der Waals surface area contributed by atoms with Crippen LogP contribution < -0.4 is 10.5 Å². The third kappa shape index (κ3) is 4.06. The van der Waals surface area contributed by atoms with Gasteiger partial charge in [-0.25, -0.2) is 4.98 Å². The molecule has 0 radical (unpaired) electrons. The van der Waals surface area contributed by atoms with Crippen LogP contribution in [0.4, 0.5) is 5.82 Å². The van der Waals surface area contributed by atoms with Gasteiger partial charge in [-0.05, 0) is 56.2 Å². The van der Waals surface area contributed by atoms with Gasteiger partial charge in [0.15, 0.2) is 0 Å². The first-order chi connectivity index (χ1) is 12.5. The van der Waals surface area contributed by atoms with Gasteiger partial charge >= 0.3 is 0 Å². The van der Waals surface area contributed by atoms with Crippen LogP contribution in [0.25, 0.3) is 5.57 Å². The van der Waals surface area contributed by atoms with E-state index in [0.717, 1.165) is 16.7 Å². The van der Waals surface area contributed by atoms with Crippen molar-refractivity contribution in [2.75, 3.05) is 5.73 Å². The molecule has 0 bridgehead atoms. The molecule has 1 aliphatic carbocycles. The third-order valence-corrected chi connectivity index (χ3v) is 5.39. The zero-order valence-electron chi connectivity index (χ0n) is 16.1. The van der Waals surface area contributed by atoms with Crippen LogP contribution in [0.1, 0.15) is 67.5 Å². The van der Waals surface area contributed by atoms with Crippen LogP contribution in [-0.2, 0) is 0 Å².